The van der Waals surface area contributed by atoms with Crippen LogP contribution in [0.25, 0.3) is 0 Å². The summed E-state index contributed by atoms with van der Waals surface area (Å²) >= 11 is 0. The van der Waals surface area contributed by atoms with Crippen molar-refractivity contribution >= 4 is 99.1 Å². The van der Waals surface area contributed by atoms with E-state index in [1.165, 1.54) is 25.7 Å². The molecule has 0 radical (unpaired) electrons. The molecule has 1 unspecified atom stereocenters. The van der Waals surface area contributed by atoms with Crippen LogP contribution in [0.4, 0.5) is 0 Å². The summed E-state index contributed by atoms with van der Waals surface area (Å²) < 4.78 is 42.0. The summed E-state index contributed by atoms with van der Waals surface area (Å²) in [5.41, 5.74) is -3.17. The fourth-order valence-electron chi connectivity index (χ4n) is 3.37. The predicted octanol–water partition coefficient (Wildman–Crippen LogP) is 1.12. The number of hydrogen-bond acceptors (Lipinski definition) is 9. The number of carboxylic acids is 3. The number of hydrogen-bond donors (Lipinski definition) is 4. The monoisotopic (exact) mass is 588 g/mol. The zero-order valence-electron chi connectivity index (χ0n) is 20.3. The summed E-state index contributed by atoms with van der Waals surface area (Å²) in [6, 6.07) is 0. The van der Waals surface area contributed by atoms with Gasteiger partial charge in [0, 0.05) is 0 Å². The Morgan fingerprint density at radius 1 is 0.763 bits per heavy atom. The van der Waals surface area contributed by atoms with Crippen molar-refractivity contribution in [3.8, 4) is 0 Å². The molecule has 4 N–H and O–H groups in total. The van der Waals surface area contributed by atoms with Gasteiger partial charge in [-0.05, 0) is 6.42 Å². The van der Waals surface area contributed by atoms with Gasteiger partial charge in [-0.1, -0.05) is 64.7 Å². The van der Waals surface area contributed by atoms with E-state index >= 15 is 0 Å². The van der Waals surface area contributed by atoms with Crippen molar-refractivity contribution in [1.29, 1.82) is 0 Å². The Bertz CT molecular complexity index is 845. The van der Waals surface area contributed by atoms with E-state index in [0.717, 1.165) is 32.1 Å². The van der Waals surface area contributed by atoms with E-state index in [9.17, 15) is 42.0 Å². The van der Waals surface area contributed by atoms with Gasteiger partial charge in [0.25, 0.3) is 10.1 Å². The van der Waals surface area contributed by atoms with E-state index < -0.39 is 70.1 Å². The van der Waals surface area contributed by atoms with Crippen LogP contribution in [0.5, 0.6) is 0 Å². The Balaban J connectivity index is -0.00000612. The zero-order valence-corrected chi connectivity index (χ0v) is 21.2. The fraction of sp³-hybridized carbons (Fsp3) is 0.773. The topological polar surface area (TPSA) is 219 Å². The number of carbonyl (C=O) groups is 5. The van der Waals surface area contributed by atoms with Gasteiger partial charge in [0.05, 0.1) is 25.9 Å². The van der Waals surface area contributed by atoms with Crippen LogP contribution >= 0.6 is 0 Å². The van der Waals surface area contributed by atoms with Crippen LogP contribution in [0.2, 0.25) is 0 Å². The average molecular weight is 589 g/mol. The van der Waals surface area contributed by atoms with E-state index in [2.05, 4.69) is 11.7 Å². The number of carboxylic acid groups (broad SMARTS) is 3. The molecule has 0 aliphatic rings. The molecule has 0 bridgehead atoms. The molecule has 0 aromatic carbocycles. The quantitative estimate of drug-likeness (QED) is 0.0640. The van der Waals surface area contributed by atoms with Gasteiger partial charge < -0.3 is 24.8 Å². The summed E-state index contributed by atoms with van der Waals surface area (Å²) in [4.78, 5) is 57.9. The number of aliphatic carboxylic acids is 3. The molecule has 13 nitrogen and oxygen atoms in total. The van der Waals surface area contributed by atoms with Crippen LogP contribution in [0.3, 0.4) is 0 Å². The van der Waals surface area contributed by atoms with Crippen LogP contribution in [0, 0.1) is 0 Å². The summed E-state index contributed by atoms with van der Waals surface area (Å²) in [6.45, 7) is 2.07. The Morgan fingerprint density at radius 2 is 1.18 bits per heavy atom. The summed E-state index contributed by atoms with van der Waals surface area (Å²) in [6.07, 6.45) is 5.98. The molecule has 1 atom stereocenters. The van der Waals surface area contributed by atoms with Crippen LogP contribution < -0.4 is 0 Å². The Labute approximate surface area is 266 Å². The van der Waals surface area contributed by atoms with Crippen molar-refractivity contribution in [1.82, 2.24) is 0 Å². The van der Waals surface area contributed by atoms with Crippen LogP contribution in [0.15, 0.2) is 0 Å². The molecular weight excluding hydrogens is 550 g/mol. The van der Waals surface area contributed by atoms with Gasteiger partial charge in [-0.3, -0.25) is 23.7 Å². The first-order chi connectivity index (χ1) is 16.7. The Hall–Kier alpha value is -0.740. The van der Waals surface area contributed by atoms with E-state index in [4.69, 9.17) is 14.9 Å². The molecule has 0 aliphatic carbocycles. The van der Waals surface area contributed by atoms with E-state index in [1.54, 1.807) is 0 Å². The third-order valence-electron chi connectivity index (χ3n) is 5.29. The van der Waals surface area contributed by atoms with E-state index in [1.807, 2.05) is 0 Å². The second-order valence-corrected chi connectivity index (χ2v) is 10.1. The number of carbonyl (C=O) groups excluding carboxylic acids is 2. The molecule has 0 rings (SSSR count). The van der Waals surface area contributed by atoms with Crippen molar-refractivity contribution in [2.24, 2.45) is 0 Å². The van der Waals surface area contributed by atoms with Crippen LogP contribution in [-0.4, -0.2) is 135 Å². The molecule has 212 valence electrons. The fourth-order valence-corrected chi connectivity index (χ4v) is 4.01. The van der Waals surface area contributed by atoms with Crippen molar-refractivity contribution in [2.75, 3.05) is 6.61 Å². The maximum atomic E-state index is 12.3. The van der Waals surface area contributed by atoms with Crippen LogP contribution in [-0.2, 0) is 43.6 Å². The normalized spacial score (nSPS) is 11.8. The van der Waals surface area contributed by atoms with Gasteiger partial charge in [0.1, 0.15) is 0 Å². The summed E-state index contributed by atoms with van der Waals surface area (Å²) in [7, 11) is -5.33. The van der Waals surface area contributed by atoms with Crippen molar-refractivity contribution in [3.05, 3.63) is 0 Å². The van der Waals surface area contributed by atoms with Gasteiger partial charge in [-0.2, -0.15) is 8.42 Å². The standard InChI is InChI=1S/C22H36O13S.2Na.2H/c1-2-3-4-5-6-7-8-9-10-11-12-34-19(27)13-16(36(31,32)33)20(28)35-22(21(29)30,14-17(23)24)15-18(25)26;;;;/h16H,2-15H2,1H3,(H,23,24)(H,25,26)(H,29,30)(H,31,32,33);;;;. The maximum absolute atomic E-state index is 12.3. The molecule has 0 saturated carbocycles. The molecule has 16 heteroatoms. The van der Waals surface area contributed by atoms with E-state index in [-0.39, 0.29) is 65.7 Å². The molecule has 0 heterocycles. The second-order valence-electron chi connectivity index (χ2n) is 8.47. The Morgan fingerprint density at radius 3 is 1.55 bits per heavy atom. The van der Waals surface area contributed by atoms with Gasteiger partial charge in [-0.15, -0.1) is 0 Å². The number of ether oxygens (including phenoxy) is 2. The molecule has 0 fully saturated rings. The molecule has 0 amide bonds. The molecule has 0 saturated heterocycles. The van der Waals surface area contributed by atoms with Crippen molar-refractivity contribution < 1.29 is 61.7 Å². The molecule has 0 aromatic heterocycles. The van der Waals surface area contributed by atoms with Gasteiger partial charge >= 0.3 is 89.0 Å². The predicted molar refractivity (Wildman–Crippen MR) is 138 cm³/mol. The molecule has 0 aliphatic heterocycles. The number of unbranched alkanes of at least 4 members (excludes halogenated alkanes) is 9. The first kappa shape index (κ1) is 41.7. The van der Waals surface area contributed by atoms with E-state index in [0.29, 0.717) is 6.42 Å². The van der Waals surface area contributed by atoms with Crippen LogP contribution in [0.1, 0.15) is 90.4 Å². The van der Waals surface area contributed by atoms with Gasteiger partial charge in [0.15, 0.2) is 5.25 Å². The second kappa shape index (κ2) is 22.0. The van der Waals surface area contributed by atoms with Crippen molar-refractivity contribution in [3.63, 3.8) is 0 Å². The third kappa shape index (κ3) is 18.5. The minimum absolute atomic E-state index is 0. The van der Waals surface area contributed by atoms with Crippen molar-refractivity contribution in [2.45, 2.75) is 101 Å². The SMILES string of the molecule is CCCCCCCCCCCCOC(=O)CC(C(=O)OC(CC(=O)O)(CC(=O)O)C(=O)O)S(=O)(=O)O.[NaH].[NaH]. The first-order valence-corrected chi connectivity index (χ1v) is 13.3. The molecule has 0 aromatic rings. The average Bonchev–Trinajstić information content (AvgIpc) is 2.73. The molecule has 38 heavy (non-hydrogen) atoms. The first-order valence-electron chi connectivity index (χ1n) is 11.8. The third-order valence-corrected chi connectivity index (χ3v) is 6.37. The Kier molecular flexibility index (Phi) is 24.2. The summed E-state index contributed by atoms with van der Waals surface area (Å²) in [5, 5.41) is 24.5. The summed E-state index contributed by atoms with van der Waals surface area (Å²) in [5.74, 6) is -9.09. The van der Waals surface area contributed by atoms with Gasteiger partial charge in [-0.25, -0.2) is 4.79 Å². The number of rotatable bonds is 21. The number of esters is 2. The zero-order chi connectivity index (χ0) is 27.8. The van der Waals surface area contributed by atoms with Gasteiger partial charge in [0.2, 0.25) is 5.60 Å². The molecular formula is C22H38Na2O13S. The minimum atomic E-state index is -5.33. The molecule has 0 spiro atoms.